The first-order chi connectivity index (χ1) is 11.8. The van der Waals surface area contributed by atoms with Gasteiger partial charge in [0.2, 0.25) is 10.0 Å². The highest BCUT2D eigenvalue weighted by Gasteiger charge is 2.24. The van der Waals surface area contributed by atoms with Crippen LogP contribution in [0.4, 0.5) is 11.4 Å². The third-order valence-corrected chi connectivity index (χ3v) is 4.77. The molecule has 0 aliphatic heterocycles. The Kier molecular flexibility index (Phi) is 5.75. The van der Waals surface area contributed by atoms with Gasteiger partial charge in [-0.25, -0.2) is 8.42 Å². The Hall–Kier alpha value is -2.89. The number of rotatable bonds is 5. The number of sulfonamides is 1. The normalized spacial score (nSPS) is 10.6. The van der Waals surface area contributed by atoms with Crippen LogP contribution in [0.3, 0.4) is 0 Å². The number of anilines is 1. The minimum absolute atomic E-state index is 0.149. The van der Waals surface area contributed by atoms with E-state index in [1.165, 1.54) is 18.2 Å². The second kappa shape index (κ2) is 7.79. The second-order valence-corrected chi connectivity index (χ2v) is 7.03. The van der Waals surface area contributed by atoms with Crippen LogP contribution in [0, 0.1) is 22.0 Å². The van der Waals surface area contributed by atoms with E-state index in [1.807, 2.05) is 43.3 Å². The fraction of sp³-hybridized carbons (Fsp3) is 0.176. The fourth-order valence-electron chi connectivity index (χ4n) is 2.03. The molecule has 8 heteroatoms. The van der Waals surface area contributed by atoms with Gasteiger partial charge in [-0.1, -0.05) is 24.0 Å². The summed E-state index contributed by atoms with van der Waals surface area (Å²) in [6.07, 6.45) is 0. The Morgan fingerprint density at radius 2 is 1.76 bits per heavy atom. The van der Waals surface area contributed by atoms with E-state index in [0.29, 0.717) is 0 Å². The maximum Gasteiger partial charge on any atom is 0.289 e. The third kappa shape index (κ3) is 4.79. The van der Waals surface area contributed by atoms with E-state index in [9.17, 15) is 18.5 Å². The summed E-state index contributed by atoms with van der Waals surface area (Å²) < 4.78 is 26.7. The predicted octanol–water partition coefficient (Wildman–Crippen LogP) is 1.99. The van der Waals surface area contributed by atoms with Gasteiger partial charge >= 0.3 is 0 Å². The van der Waals surface area contributed by atoms with Crippen molar-refractivity contribution >= 4 is 21.4 Å². The zero-order valence-corrected chi connectivity index (χ0v) is 14.6. The molecule has 2 aromatic carbocycles. The molecule has 0 aliphatic carbocycles. The average molecular weight is 359 g/mol. The summed E-state index contributed by atoms with van der Waals surface area (Å²) in [5.41, 5.74) is 1.31. The highest BCUT2D eigenvalue weighted by atomic mass is 32.2. The lowest BCUT2D eigenvalue weighted by Crippen LogP contribution is -2.24. The molecule has 25 heavy (non-hydrogen) atoms. The maximum absolute atomic E-state index is 12.2. The molecule has 0 aromatic heterocycles. The molecule has 0 fully saturated rings. The molecule has 0 bridgehead atoms. The van der Waals surface area contributed by atoms with E-state index < -0.39 is 20.6 Å². The molecule has 0 spiro atoms. The van der Waals surface area contributed by atoms with Crippen LogP contribution < -0.4 is 9.62 Å². The number of nitrogens with one attached hydrogen (secondary N) is 1. The summed E-state index contributed by atoms with van der Waals surface area (Å²) in [6, 6.07) is 12.6. The molecule has 0 aliphatic rings. The van der Waals surface area contributed by atoms with Crippen LogP contribution in [0.2, 0.25) is 0 Å². The zero-order valence-electron chi connectivity index (χ0n) is 13.8. The van der Waals surface area contributed by atoms with Gasteiger partial charge in [-0.3, -0.25) is 10.1 Å². The lowest BCUT2D eigenvalue weighted by Gasteiger charge is -2.11. The summed E-state index contributed by atoms with van der Waals surface area (Å²) in [5, 5.41) is 10.9. The molecule has 2 aromatic rings. The first-order valence-electron chi connectivity index (χ1n) is 7.30. The largest absolute Gasteiger partial charge is 0.378 e. The highest BCUT2D eigenvalue weighted by Crippen LogP contribution is 2.22. The van der Waals surface area contributed by atoms with Gasteiger partial charge in [0.25, 0.3) is 5.69 Å². The Balaban J connectivity index is 2.08. The minimum atomic E-state index is -4.01. The minimum Gasteiger partial charge on any atom is -0.378 e. The third-order valence-electron chi connectivity index (χ3n) is 3.32. The van der Waals surface area contributed by atoms with Crippen molar-refractivity contribution in [3.05, 3.63) is 64.2 Å². The van der Waals surface area contributed by atoms with Crippen LogP contribution in [-0.2, 0) is 10.0 Å². The number of nitrogens with zero attached hydrogens (tertiary/aromatic N) is 2. The van der Waals surface area contributed by atoms with Gasteiger partial charge in [0.05, 0.1) is 11.5 Å². The summed E-state index contributed by atoms with van der Waals surface area (Å²) in [7, 11) is -0.152. The molecule has 0 unspecified atom stereocenters. The molecule has 7 nitrogen and oxygen atoms in total. The van der Waals surface area contributed by atoms with Crippen molar-refractivity contribution in [1.29, 1.82) is 0 Å². The predicted molar refractivity (Wildman–Crippen MR) is 95.9 cm³/mol. The number of para-hydroxylation sites is 1. The standard InChI is InChI=1S/C17H17N3O4S/c1-19(2)15-11-9-14(10-12-15)6-5-13-18-25(23,24)17-8-4-3-7-16(17)20(21)22/h3-4,7-12,18H,13H2,1-2H3. The van der Waals surface area contributed by atoms with Gasteiger partial charge in [-0.05, 0) is 30.3 Å². The molecule has 0 saturated heterocycles. The number of nitro groups is 1. The Bertz CT molecular complexity index is 926. The average Bonchev–Trinajstić information content (AvgIpc) is 2.59. The van der Waals surface area contributed by atoms with Crippen LogP contribution in [-0.4, -0.2) is 34.0 Å². The van der Waals surface area contributed by atoms with E-state index >= 15 is 0 Å². The molecular formula is C17H17N3O4S. The van der Waals surface area contributed by atoms with Gasteiger partial charge < -0.3 is 4.90 Å². The van der Waals surface area contributed by atoms with E-state index in [0.717, 1.165) is 17.3 Å². The van der Waals surface area contributed by atoms with Crippen molar-refractivity contribution in [2.45, 2.75) is 4.90 Å². The number of hydrogen-bond acceptors (Lipinski definition) is 5. The van der Waals surface area contributed by atoms with Gasteiger partial charge in [0.1, 0.15) is 0 Å². The molecular weight excluding hydrogens is 342 g/mol. The number of nitro benzene ring substituents is 1. The van der Waals surface area contributed by atoms with Gasteiger partial charge in [-0.2, -0.15) is 4.72 Å². The summed E-state index contributed by atoms with van der Waals surface area (Å²) in [4.78, 5) is 11.8. The molecule has 2 rings (SSSR count). The first-order valence-corrected chi connectivity index (χ1v) is 8.79. The first kappa shape index (κ1) is 18.4. The van der Waals surface area contributed by atoms with Crippen LogP contribution >= 0.6 is 0 Å². The van der Waals surface area contributed by atoms with Gasteiger partial charge in [0.15, 0.2) is 4.90 Å². The quantitative estimate of drug-likeness (QED) is 0.501. The van der Waals surface area contributed by atoms with Crippen molar-refractivity contribution in [2.24, 2.45) is 0 Å². The van der Waals surface area contributed by atoms with Crippen LogP contribution in [0.15, 0.2) is 53.4 Å². The van der Waals surface area contributed by atoms with Gasteiger partial charge in [-0.15, -0.1) is 0 Å². The highest BCUT2D eigenvalue weighted by molar-refractivity contribution is 7.89. The van der Waals surface area contributed by atoms with E-state index in [-0.39, 0.29) is 11.4 Å². The Labute approximate surface area is 146 Å². The lowest BCUT2D eigenvalue weighted by atomic mass is 10.2. The topological polar surface area (TPSA) is 92.6 Å². The van der Waals surface area contributed by atoms with Crippen molar-refractivity contribution in [3.63, 3.8) is 0 Å². The summed E-state index contributed by atoms with van der Waals surface area (Å²) in [6.45, 7) is -0.149. The summed E-state index contributed by atoms with van der Waals surface area (Å²) in [5.74, 6) is 5.54. The molecule has 0 radical (unpaired) electrons. The maximum atomic E-state index is 12.2. The lowest BCUT2D eigenvalue weighted by molar-refractivity contribution is -0.387. The SMILES string of the molecule is CN(C)c1ccc(C#CCNS(=O)(=O)c2ccccc2[N+](=O)[O-])cc1. The molecule has 130 valence electrons. The van der Waals surface area contributed by atoms with Crippen LogP contribution in [0.25, 0.3) is 0 Å². The smallest absolute Gasteiger partial charge is 0.289 e. The molecule has 0 amide bonds. The van der Waals surface area contributed by atoms with E-state index in [2.05, 4.69) is 16.6 Å². The number of benzene rings is 2. The van der Waals surface area contributed by atoms with E-state index in [1.54, 1.807) is 0 Å². The van der Waals surface area contributed by atoms with Crippen LogP contribution in [0.1, 0.15) is 5.56 Å². The van der Waals surface area contributed by atoms with Crippen molar-refractivity contribution in [2.75, 3.05) is 25.5 Å². The van der Waals surface area contributed by atoms with Crippen molar-refractivity contribution in [1.82, 2.24) is 4.72 Å². The van der Waals surface area contributed by atoms with Crippen molar-refractivity contribution in [3.8, 4) is 11.8 Å². The monoisotopic (exact) mass is 359 g/mol. The second-order valence-electron chi connectivity index (χ2n) is 5.29. The van der Waals surface area contributed by atoms with Crippen LogP contribution in [0.5, 0.6) is 0 Å². The van der Waals surface area contributed by atoms with Crippen molar-refractivity contribution < 1.29 is 13.3 Å². The zero-order chi connectivity index (χ0) is 18.4. The van der Waals surface area contributed by atoms with E-state index in [4.69, 9.17) is 0 Å². The Morgan fingerprint density at radius 1 is 1.12 bits per heavy atom. The number of hydrogen-bond donors (Lipinski definition) is 1. The molecule has 0 saturated carbocycles. The fourth-order valence-corrected chi connectivity index (χ4v) is 3.13. The molecule has 1 N–H and O–H groups in total. The Morgan fingerprint density at radius 3 is 2.36 bits per heavy atom. The molecule has 0 heterocycles. The molecule has 0 atom stereocenters. The van der Waals surface area contributed by atoms with Gasteiger partial charge in [0, 0.05) is 31.4 Å². The summed E-state index contributed by atoms with van der Waals surface area (Å²) >= 11 is 0.